The predicted molar refractivity (Wildman–Crippen MR) is 121 cm³/mol. The Morgan fingerprint density at radius 3 is 2.54 bits per heavy atom. The first-order valence-corrected chi connectivity index (χ1v) is 12.4. The molecule has 2 aromatic heterocycles. The van der Waals surface area contributed by atoms with Crippen LogP contribution >= 0.6 is 0 Å². The molecule has 12 heteroatoms. The van der Waals surface area contributed by atoms with Gasteiger partial charge in [-0.2, -0.15) is 0 Å². The summed E-state index contributed by atoms with van der Waals surface area (Å²) in [6, 6.07) is 10.3. The second kappa shape index (κ2) is 8.77. The first-order valence-electron chi connectivity index (χ1n) is 10.9. The number of para-hydroxylation sites is 1. The van der Waals surface area contributed by atoms with E-state index < -0.39 is 40.3 Å². The van der Waals surface area contributed by atoms with Crippen LogP contribution in [0, 0.1) is 0 Å². The fourth-order valence-electron chi connectivity index (χ4n) is 4.72. The molecule has 5 rings (SSSR count). The maximum atomic E-state index is 12.9. The number of aliphatic hydroxyl groups is 1. The van der Waals surface area contributed by atoms with Crippen LogP contribution in [0.2, 0.25) is 0 Å². The van der Waals surface area contributed by atoms with Gasteiger partial charge < -0.3 is 14.4 Å². The number of hydrogen-bond donors (Lipinski definition) is 2. The second-order valence-electron chi connectivity index (χ2n) is 8.38. The number of hydrogen-bond acceptors (Lipinski definition) is 6. The highest BCUT2D eigenvalue weighted by atomic mass is 32.2. The Kier molecular flexibility index (Phi) is 5.90. The van der Waals surface area contributed by atoms with Crippen molar-refractivity contribution in [2.24, 2.45) is 0 Å². The molecule has 0 bridgehead atoms. The number of aromatic nitrogens is 3. The molecule has 1 aliphatic carbocycles. The van der Waals surface area contributed by atoms with Crippen molar-refractivity contribution in [1.82, 2.24) is 19.3 Å². The summed E-state index contributed by atoms with van der Waals surface area (Å²) in [5, 5.41) is 13.0. The maximum absolute atomic E-state index is 12.9. The third-order valence-corrected chi connectivity index (χ3v) is 7.71. The summed E-state index contributed by atoms with van der Waals surface area (Å²) < 4.78 is 71.3. The van der Waals surface area contributed by atoms with Gasteiger partial charge in [0, 0.05) is 17.0 Å². The molecular weight excluding hydrogens is 485 g/mol. The summed E-state index contributed by atoms with van der Waals surface area (Å²) in [4.78, 5) is 8.30. The van der Waals surface area contributed by atoms with Crippen molar-refractivity contribution < 1.29 is 31.4 Å². The van der Waals surface area contributed by atoms with E-state index in [0.29, 0.717) is 24.9 Å². The molecule has 3 atom stereocenters. The number of nitrogens with zero attached hydrogens (tertiary/aromatic N) is 3. The summed E-state index contributed by atoms with van der Waals surface area (Å²) in [6.07, 6.45) is -1.15. The highest BCUT2D eigenvalue weighted by molar-refractivity contribution is 7.89. The lowest BCUT2D eigenvalue weighted by molar-refractivity contribution is -0.274. The van der Waals surface area contributed by atoms with Crippen molar-refractivity contribution in [3.63, 3.8) is 0 Å². The van der Waals surface area contributed by atoms with Gasteiger partial charge in [0.25, 0.3) is 0 Å². The van der Waals surface area contributed by atoms with Crippen LogP contribution in [-0.4, -0.2) is 46.6 Å². The molecule has 2 N–H and O–H groups in total. The van der Waals surface area contributed by atoms with Gasteiger partial charge in [0.15, 0.2) is 0 Å². The lowest BCUT2D eigenvalue weighted by Gasteiger charge is -2.36. The molecule has 1 fully saturated rings. The fourth-order valence-corrected chi connectivity index (χ4v) is 6.01. The number of fused-ring (bicyclic) bond motifs is 3. The van der Waals surface area contributed by atoms with Gasteiger partial charge in [-0.25, -0.2) is 23.1 Å². The SMILES string of the molecule is O=S(=O)(N[C@H]1CCC[C@@H](n2c3ccccc3c3cncnc32)[C@@H]1O)c1ccc(OC(F)(F)F)cc1. The van der Waals surface area contributed by atoms with Gasteiger partial charge >= 0.3 is 6.36 Å². The largest absolute Gasteiger partial charge is 0.573 e. The Labute approximate surface area is 198 Å². The van der Waals surface area contributed by atoms with E-state index in [1.807, 2.05) is 28.8 Å². The average molecular weight is 507 g/mol. The molecule has 0 spiro atoms. The summed E-state index contributed by atoms with van der Waals surface area (Å²) in [5.41, 5.74) is 1.50. The number of rotatable bonds is 5. The first-order chi connectivity index (χ1) is 16.6. The highest BCUT2D eigenvalue weighted by Gasteiger charge is 2.37. The van der Waals surface area contributed by atoms with Crippen LogP contribution in [0.1, 0.15) is 25.3 Å². The molecule has 184 valence electrons. The molecule has 0 aliphatic heterocycles. The van der Waals surface area contributed by atoms with E-state index in [-0.39, 0.29) is 4.90 Å². The number of benzene rings is 2. The number of aliphatic hydroxyl groups excluding tert-OH is 1. The molecule has 2 heterocycles. The summed E-state index contributed by atoms with van der Waals surface area (Å²) in [5.74, 6) is -0.525. The van der Waals surface area contributed by atoms with Crippen LogP contribution in [0.4, 0.5) is 13.2 Å². The summed E-state index contributed by atoms with van der Waals surface area (Å²) in [7, 11) is -4.11. The highest BCUT2D eigenvalue weighted by Crippen LogP contribution is 2.37. The summed E-state index contributed by atoms with van der Waals surface area (Å²) >= 11 is 0. The van der Waals surface area contributed by atoms with Crippen molar-refractivity contribution in [3.05, 3.63) is 61.1 Å². The normalized spacial score (nSPS) is 21.4. The average Bonchev–Trinajstić information content (AvgIpc) is 3.14. The molecule has 35 heavy (non-hydrogen) atoms. The van der Waals surface area contributed by atoms with Crippen molar-refractivity contribution in [2.75, 3.05) is 0 Å². The molecule has 4 aromatic rings. The monoisotopic (exact) mass is 506 g/mol. The quantitative estimate of drug-likeness (QED) is 0.425. The van der Waals surface area contributed by atoms with Crippen LogP contribution in [0.15, 0.2) is 66.0 Å². The topological polar surface area (TPSA) is 106 Å². The summed E-state index contributed by atoms with van der Waals surface area (Å²) in [6.45, 7) is 0. The Hall–Kier alpha value is -3.22. The van der Waals surface area contributed by atoms with Crippen LogP contribution in [0.3, 0.4) is 0 Å². The molecule has 0 amide bonds. The number of alkyl halides is 3. The van der Waals surface area contributed by atoms with Crippen molar-refractivity contribution in [2.45, 2.75) is 48.7 Å². The molecule has 8 nitrogen and oxygen atoms in total. The maximum Gasteiger partial charge on any atom is 0.573 e. The fraction of sp³-hybridized carbons (Fsp3) is 0.304. The van der Waals surface area contributed by atoms with E-state index in [1.54, 1.807) is 6.20 Å². The lowest BCUT2D eigenvalue weighted by atomic mass is 9.88. The van der Waals surface area contributed by atoms with E-state index in [1.165, 1.54) is 6.33 Å². The zero-order chi connectivity index (χ0) is 24.8. The first kappa shape index (κ1) is 23.5. The van der Waals surface area contributed by atoms with E-state index >= 15 is 0 Å². The van der Waals surface area contributed by atoms with Crippen molar-refractivity contribution in [1.29, 1.82) is 0 Å². The number of ether oxygens (including phenoxy) is 1. The lowest BCUT2D eigenvalue weighted by Crippen LogP contribution is -2.49. The zero-order valence-corrected chi connectivity index (χ0v) is 19.0. The second-order valence-corrected chi connectivity index (χ2v) is 10.1. The minimum absolute atomic E-state index is 0.231. The third kappa shape index (κ3) is 4.56. The zero-order valence-electron chi connectivity index (χ0n) is 18.2. The number of halogens is 3. The van der Waals surface area contributed by atoms with Crippen LogP contribution in [-0.2, 0) is 10.0 Å². The van der Waals surface area contributed by atoms with Gasteiger partial charge in [-0.05, 0) is 49.6 Å². The molecule has 0 saturated heterocycles. The third-order valence-electron chi connectivity index (χ3n) is 6.20. The Morgan fingerprint density at radius 1 is 1.06 bits per heavy atom. The minimum atomic E-state index is -4.88. The predicted octanol–water partition coefficient (Wildman–Crippen LogP) is 3.92. The molecule has 0 unspecified atom stereocenters. The molecule has 1 saturated carbocycles. The van der Waals surface area contributed by atoms with Gasteiger partial charge in [-0.15, -0.1) is 13.2 Å². The minimum Gasteiger partial charge on any atom is -0.406 e. The molecule has 0 radical (unpaired) electrons. The van der Waals surface area contributed by atoms with E-state index in [2.05, 4.69) is 19.4 Å². The Bertz CT molecular complexity index is 1420. The van der Waals surface area contributed by atoms with Crippen molar-refractivity contribution >= 4 is 32.0 Å². The van der Waals surface area contributed by atoms with Crippen LogP contribution < -0.4 is 9.46 Å². The Morgan fingerprint density at radius 2 is 1.80 bits per heavy atom. The van der Waals surface area contributed by atoms with Crippen LogP contribution in [0.25, 0.3) is 21.9 Å². The van der Waals surface area contributed by atoms with Gasteiger partial charge in [0.1, 0.15) is 17.7 Å². The van der Waals surface area contributed by atoms with Gasteiger partial charge in [0.2, 0.25) is 10.0 Å². The van der Waals surface area contributed by atoms with Gasteiger partial charge in [-0.3, -0.25) is 0 Å². The van der Waals surface area contributed by atoms with Gasteiger partial charge in [-0.1, -0.05) is 18.2 Å². The van der Waals surface area contributed by atoms with Crippen molar-refractivity contribution in [3.8, 4) is 5.75 Å². The molecule has 2 aromatic carbocycles. The molecular formula is C23H21F3N4O4S. The number of nitrogens with one attached hydrogen (secondary N) is 1. The standard InChI is InChI=1S/C23H21F3N4O4S/c24-23(25,26)34-14-8-10-15(11-9-14)35(32,33)29-18-5-3-7-20(21(18)31)30-19-6-2-1-4-16(19)17-12-27-13-28-22(17)30/h1-2,4,6,8-13,18,20-21,29,31H,3,5,7H2/t18-,20+,21+/m0/s1. The number of sulfonamides is 1. The van der Waals surface area contributed by atoms with E-state index in [9.17, 15) is 26.7 Å². The molecule has 1 aliphatic rings. The van der Waals surface area contributed by atoms with Gasteiger partial charge in [0.05, 0.1) is 28.6 Å². The van der Waals surface area contributed by atoms with E-state index in [4.69, 9.17) is 0 Å². The van der Waals surface area contributed by atoms with E-state index in [0.717, 1.165) is 40.6 Å². The smallest absolute Gasteiger partial charge is 0.406 e. The van der Waals surface area contributed by atoms with Crippen LogP contribution in [0.5, 0.6) is 5.75 Å². The Balaban J connectivity index is 1.42.